The van der Waals surface area contributed by atoms with E-state index in [0.29, 0.717) is 6.54 Å². The number of fused-ring (bicyclic) bond motifs is 1. The van der Waals surface area contributed by atoms with E-state index in [1.165, 1.54) is 10.9 Å². The molecule has 2 aromatic heterocycles. The highest BCUT2D eigenvalue weighted by molar-refractivity contribution is 5.78. The van der Waals surface area contributed by atoms with Gasteiger partial charge in [0.1, 0.15) is 0 Å². The first-order valence-corrected chi connectivity index (χ1v) is 6.39. The van der Waals surface area contributed by atoms with Crippen LogP contribution < -0.4 is 5.73 Å². The van der Waals surface area contributed by atoms with Gasteiger partial charge in [0.25, 0.3) is 0 Å². The highest BCUT2D eigenvalue weighted by Crippen LogP contribution is 2.14. The number of hydrogen-bond donors (Lipinski definition) is 1. The van der Waals surface area contributed by atoms with Gasteiger partial charge in [-0.3, -0.25) is 4.98 Å². The molecule has 0 unspecified atom stereocenters. The highest BCUT2D eigenvalue weighted by Gasteiger charge is 2.01. The minimum absolute atomic E-state index is 0.638. The molecule has 0 saturated carbocycles. The molecule has 0 saturated heterocycles. The van der Waals surface area contributed by atoms with Crippen molar-refractivity contribution in [2.45, 2.75) is 13.0 Å². The topological polar surface area (TPSA) is 56.7 Å². The molecule has 3 aromatic rings. The number of benzene rings is 1. The maximum Gasteiger partial charge on any atom is 0.0952 e. The second-order valence-corrected chi connectivity index (χ2v) is 4.61. The summed E-state index contributed by atoms with van der Waals surface area (Å²) in [7, 11) is 0. The Bertz CT molecular complexity index is 687. The molecule has 96 valence electrons. The van der Waals surface area contributed by atoms with Gasteiger partial charge < -0.3 is 10.3 Å². The SMILES string of the molecule is NCCc1cn(Cc2ccc3ncccc3c2)cn1. The van der Waals surface area contributed by atoms with Gasteiger partial charge in [-0.05, 0) is 30.3 Å². The van der Waals surface area contributed by atoms with E-state index in [0.717, 1.165) is 24.2 Å². The Balaban J connectivity index is 1.83. The standard InChI is InChI=1S/C15H16N4/c16-6-5-14-10-19(11-18-14)9-12-3-4-15-13(8-12)2-1-7-17-15/h1-4,7-8,10-11H,5-6,9,16H2. The third kappa shape index (κ3) is 2.63. The second kappa shape index (κ2) is 5.20. The van der Waals surface area contributed by atoms with Crippen LogP contribution in [0.1, 0.15) is 11.3 Å². The molecule has 1 aromatic carbocycles. The lowest BCUT2D eigenvalue weighted by atomic mass is 10.1. The first-order chi connectivity index (χ1) is 9.35. The molecule has 4 nitrogen and oxygen atoms in total. The second-order valence-electron chi connectivity index (χ2n) is 4.61. The fourth-order valence-electron chi connectivity index (χ4n) is 2.20. The van der Waals surface area contributed by atoms with Crippen LogP contribution in [0.25, 0.3) is 10.9 Å². The van der Waals surface area contributed by atoms with Crippen molar-refractivity contribution in [1.82, 2.24) is 14.5 Å². The zero-order valence-corrected chi connectivity index (χ0v) is 10.7. The van der Waals surface area contributed by atoms with Gasteiger partial charge in [-0.2, -0.15) is 0 Å². The monoisotopic (exact) mass is 252 g/mol. The van der Waals surface area contributed by atoms with E-state index in [1.807, 2.05) is 18.6 Å². The number of rotatable bonds is 4. The Hall–Kier alpha value is -2.20. The zero-order chi connectivity index (χ0) is 13.1. The third-order valence-electron chi connectivity index (χ3n) is 3.12. The molecule has 0 aliphatic carbocycles. The molecule has 0 amide bonds. The maximum absolute atomic E-state index is 5.53. The van der Waals surface area contributed by atoms with Gasteiger partial charge in [0.15, 0.2) is 0 Å². The molecule has 4 heteroatoms. The summed E-state index contributed by atoms with van der Waals surface area (Å²) in [6.45, 7) is 1.46. The van der Waals surface area contributed by atoms with Crippen LogP contribution in [0, 0.1) is 0 Å². The lowest BCUT2D eigenvalue weighted by molar-refractivity contribution is 0.796. The number of nitrogens with zero attached hydrogens (tertiary/aromatic N) is 3. The zero-order valence-electron chi connectivity index (χ0n) is 10.7. The Kier molecular flexibility index (Phi) is 3.25. The van der Waals surface area contributed by atoms with Crippen molar-refractivity contribution in [3.8, 4) is 0 Å². The summed E-state index contributed by atoms with van der Waals surface area (Å²) in [4.78, 5) is 8.66. The Labute approximate surface area is 111 Å². The predicted molar refractivity (Wildman–Crippen MR) is 75.8 cm³/mol. The number of hydrogen-bond acceptors (Lipinski definition) is 3. The van der Waals surface area contributed by atoms with Gasteiger partial charge in [0, 0.05) is 30.7 Å². The summed E-state index contributed by atoms with van der Waals surface area (Å²) in [5.74, 6) is 0. The summed E-state index contributed by atoms with van der Waals surface area (Å²) in [5, 5.41) is 1.17. The minimum atomic E-state index is 0.638. The van der Waals surface area contributed by atoms with Crippen molar-refractivity contribution in [3.05, 3.63) is 60.3 Å². The van der Waals surface area contributed by atoms with Crippen LogP contribution in [0.3, 0.4) is 0 Å². The van der Waals surface area contributed by atoms with Crippen LogP contribution in [0.4, 0.5) is 0 Å². The summed E-state index contributed by atoms with van der Waals surface area (Å²) in [6.07, 6.45) is 6.56. The van der Waals surface area contributed by atoms with Gasteiger partial charge in [0.05, 0.1) is 17.5 Å². The van der Waals surface area contributed by atoms with E-state index in [4.69, 9.17) is 5.73 Å². The molecule has 0 aliphatic rings. The van der Waals surface area contributed by atoms with E-state index in [2.05, 4.69) is 45.0 Å². The third-order valence-corrected chi connectivity index (χ3v) is 3.12. The van der Waals surface area contributed by atoms with Gasteiger partial charge in [-0.1, -0.05) is 12.1 Å². The van der Waals surface area contributed by atoms with Crippen molar-refractivity contribution >= 4 is 10.9 Å². The van der Waals surface area contributed by atoms with Crippen LogP contribution in [0.15, 0.2) is 49.1 Å². The number of pyridine rings is 1. The smallest absolute Gasteiger partial charge is 0.0952 e. The van der Waals surface area contributed by atoms with Crippen LogP contribution in [-0.2, 0) is 13.0 Å². The van der Waals surface area contributed by atoms with Gasteiger partial charge in [-0.25, -0.2) is 4.98 Å². The quantitative estimate of drug-likeness (QED) is 0.772. The highest BCUT2D eigenvalue weighted by atomic mass is 15.0. The number of imidazole rings is 1. The lowest BCUT2D eigenvalue weighted by Crippen LogP contribution is -2.02. The molecule has 3 rings (SSSR count). The van der Waals surface area contributed by atoms with E-state index in [9.17, 15) is 0 Å². The first kappa shape index (κ1) is 11.9. The van der Waals surface area contributed by atoms with E-state index >= 15 is 0 Å². The maximum atomic E-state index is 5.53. The lowest BCUT2D eigenvalue weighted by Gasteiger charge is -2.04. The molecule has 0 radical (unpaired) electrons. The molecular weight excluding hydrogens is 236 g/mol. The van der Waals surface area contributed by atoms with Crippen molar-refractivity contribution in [2.24, 2.45) is 5.73 Å². The average molecular weight is 252 g/mol. The summed E-state index contributed by atoms with van der Waals surface area (Å²) >= 11 is 0. The van der Waals surface area contributed by atoms with Gasteiger partial charge in [0.2, 0.25) is 0 Å². The summed E-state index contributed by atoms with van der Waals surface area (Å²) < 4.78 is 2.09. The van der Waals surface area contributed by atoms with Crippen molar-refractivity contribution in [1.29, 1.82) is 0 Å². The van der Waals surface area contributed by atoms with E-state index < -0.39 is 0 Å². The van der Waals surface area contributed by atoms with Crippen molar-refractivity contribution in [3.63, 3.8) is 0 Å². The molecule has 2 heterocycles. The van der Waals surface area contributed by atoms with Crippen molar-refractivity contribution in [2.75, 3.05) is 6.54 Å². The number of aromatic nitrogens is 3. The summed E-state index contributed by atoms with van der Waals surface area (Å²) in [6, 6.07) is 10.4. The number of nitrogens with two attached hydrogens (primary N) is 1. The van der Waals surface area contributed by atoms with Gasteiger partial charge >= 0.3 is 0 Å². The summed E-state index contributed by atoms with van der Waals surface area (Å²) in [5.41, 5.74) is 8.85. The van der Waals surface area contributed by atoms with E-state index in [-0.39, 0.29) is 0 Å². The fourth-order valence-corrected chi connectivity index (χ4v) is 2.20. The Morgan fingerprint density at radius 1 is 1.16 bits per heavy atom. The van der Waals surface area contributed by atoms with Crippen LogP contribution in [0.2, 0.25) is 0 Å². The molecule has 0 bridgehead atoms. The molecule has 0 atom stereocenters. The Morgan fingerprint density at radius 2 is 2.11 bits per heavy atom. The molecule has 0 spiro atoms. The van der Waals surface area contributed by atoms with E-state index in [1.54, 1.807) is 0 Å². The van der Waals surface area contributed by atoms with Gasteiger partial charge in [-0.15, -0.1) is 0 Å². The van der Waals surface area contributed by atoms with Crippen LogP contribution >= 0.6 is 0 Å². The molecule has 0 fully saturated rings. The van der Waals surface area contributed by atoms with Crippen LogP contribution in [0.5, 0.6) is 0 Å². The fraction of sp³-hybridized carbons (Fsp3) is 0.200. The normalized spacial score (nSPS) is 11.0. The average Bonchev–Trinajstić information content (AvgIpc) is 2.86. The Morgan fingerprint density at radius 3 is 3.00 bits per heavy atom. The first-order valence-electron chi connectivity index (χ1n) is 6.39. The molecule has 19 heavy (non-hydrogen) atoms. The molecule has 2 N–H and O–H groups in total. The van der Waals surface area contributed by atoms with Crippen LogP contribution in [-0.4, -0.2) is 21.1 Å². The largest absolute Gasteiger partial charge is 0.333 e. The molecular formula is C15H16N4. The van der Waals surface area contributed by atoms with Crippen molar-refractivity contribution < 1.29 is 0 Å². The predicted octanol–water partition coefficient (Wildman–Crippen LogP) is 1.98. The molecule has 0 aliphatic heterocycles. The minimum Gasteiger partial charge on any atom is -0.333 e.